The van der Waals surface area contributed by atoms with E-state index in [0.717, 1.165) is 24.2 Å². The van der Waals surface area contributed by atoms with Crippen molar-refractivity contribution in [2.75, 3.05) is 0 Å². The molecule has 4 rings (SSSR count). The molecule has 4 bridgehead atoms. The molecule has 0 saturated carbocycles. The summed E-state index contributed by atoms with van der Waals surface area (Å²) in [6.45, 7) is 0. The molecule has 4 heterocycles. The van der Waals surface area contributed by atoms with E-state index in [9.17, 15) is 0 Å². The highest BCUT2D eigenvalue weighted by Gasteiger charge is 2.29. The van der Waals surface area contributed by atoms with Crippen molar-refractivity contribution >= 4 is 0 Å². The minimum atomic E-state index is 0.900. The fourth-order valence-corrected chi connectivity index (χ4v) is 3.94. The van der Waals surface area contributed by atoms with Crippen LogP contribution in [-0.2, 0) is 0 Å². The fourth-order valence-electron chi connectivity index (χ4n) is 3.94. The average Bonchev–Trinajstić information content (AvgIpc) is 2.94. The topological polar surface area (TPSA) is 24.1 Å². The van der Waals surface area contributed by atoms with Gasteiger partial charge in [0.05, 0.1) is 0 Å². The van der Waals surface area contributed by atoms with Crippen molar-refractivity contribution in [3.8, 4) is 0 Å². The van der Waals surface area contributed by atoms with Crippen LogP contribution in [0.2, 0.25) is 0 Å². The number of nitrogens with one attached hydrogen (secondary N) is 2. The highest BCUT2D eigenvalue weighted by molar-refractivity contribution is 4.90. The molecule has 2 N–H and O–H groups in total. The van der Waals surface area contributed by atoms with Crippen molar-refractivity contribution in [1.29, 1.82) is 0 Å². The van der Waals surface area contributed by atoms with Crippen LogP contribution in [0.15, 0.2) is 0 Å². The SMILES string of the molecule is C1CC2CCC1N2.C1CC2CCCC(C1)N2. The number of piperidine rings is 2. The zero-order valence-electron chi connectivity index (χ0n) is 10.4. The minimum absolute atomic E-state index is 0.900. The van der Waals surface area contributed by atoms with E-state index in [4.69, 9.17) is 0 Å². The van der Waals surface area contributed by atoms with E-state index in [1.807, 2.05) is 0 Å². The second-order valence-electron chi connectivity index (χ2n) is 6.14. The molecule has 0 unspecified atom stereocenters. The highest BCUT2D eigenvalue weighted by atomic mass is 15.0. The number of hydrogen-bond acceptors (Lipinski definition) is 2. The van der Waals surface area contributed by atoms with Gasteiger partial charge in [-0.3, -0.25) is 0 Å². The zero-order chi connectivity index (χ0) is 10.8. The van der Waals surface area contributed by atoms with E-state index in [1.54, 1.807) is 0 Å². The van der Waals surface area contributed by atoms with Crippen LogP contribution in [0.4, 0.5) is 0 Å². The van der Waals surface area contributed by atoms with E-state index in [0.29, 0.717) is 0 Å². The third kappa shape index (κ3) is 2.60. The van der Waals surface area contributed by atoms with Gasteiger partial charge in [0.2, 0.25) is 0 Å². The third-order valence-electron chi connectivity index (χ3n) is 4.88. The lowest BCUT2D eigenvalue weighted by Crippen LogP contribution is -2.45. The lowest BCUT2D eigenvalue weighted by molar-refractivity contribution is 0.243. The fraction of sp³-hybridized carbons (Fsp3) is 1.00. The zero-order valence-corrected chi connectivity index (χ0v) is 10.4. The molecule has 0 aromatic heterocycles. The second kappa shape index (κ2) is 5.05. The Morgan fingerprint density at radius 1 is 0.438 bits per heavy atom. The van der Waals surface area contributed by atoms with Crippen molar-refractivity contribution in [1.82, 2.24) is 10.6 Å². The molecule has 0 spiro atoms. The maximum Gasteiger partial charge on any atom is 0.00708 e. The monoisotopic (exact) mass is 222 g/mol. The first-order valence-electron chi connectivity index (χ1n) is 7.42. The molecule has 4 aliphatic heterocycles. The molecule has 92 valence electrons. The molecule has 4 fully saturated rings. The quantitative estimate of drug-likeness (QED) is 0.658. The summed E-state index contributed by atoms with van der Waals surface area (Å²) in [6, 6.07) is 3.64. The second-order valence-corrected chi connectivity index (χ2v) is 6.14. The molecule has 0 amide bonds. The van der Waals surface area contributed by atoms with E-state index in [-0.39, 0.29) is 0 Å². The summed E-state index contributed by atoms with van der Waals surface area (Å²) in [5, 5.41) is 7.18. The first kappa shape index (κ1) is 11.0. The summed E-state index contributed by atoms with van der Waals surface area (Å²) < 4.78 is 0. The van der Waals surface area contributed by atoms with Crippen molar-refractivity contribution in [3.05, 3.63) is 0 Å². The van der Waals surface area contributed by atoms with Crippen LogP contribution >= 0.6 is 0 Å². The Bertz CT molecular complexity index is 191. The number of rotatable bonds is 0. The van der Waals surface area contributed by atoms with Gasteiger partial charge in [-0.1, -0.05) is 12.8 Å². The summed E-state index contributed by atoms with van der Waals surface area (Å²) in [4.78, 5) is 0. The van der Waals surface area contributed by atoms with Crippen LogP contribution in [0.25, 0.3) is 0 Å². The van der Waals surface area contributed by atoms with Gasteiger partial charge in [0.25, 0.3) is 0 Å². The largest absolute Gasteiger partial charge is 0.311 e. The molecule has 2 heteroatoms. The van der Waals surface area contributed by atoms with Gasteiger partial charge >= 0.3 is 0 Å². The standard InChI is InChI=1S/C8H15N.C6H11N/c1-3-7-5-2-6-8(4-1)9-7;1-2-6-4-3-5(1)7-6/h7-9H,1-6H2;5-7H,1-4H2. The predicted octanol–water partition coefficient (Wildman–Crippen LogP) is 2.58. The van der Waals surface area contributed by atoms with E-state index in [1.165, 1.54) is 64.2 Å². The molecule has 0 aromatic carbocycles. The van der Waals surface area contributed by atoms with Crippen LogP contribution in [0, 0.1) is 0 Å². The van der Waals surface area contributed by atoms with Gasteiger partial charge in [-0.25, -0.2) is 0 Å². The molecule has 4 aliphatic rings. The van der Waals surface area contributed by atoms with Gasteiger partial charge in [0.15, 0.2) is 0 Å². The smallest absolute Gasteiger partial charge is 0.00708 e. The van der Waals surface area contributed by atoms with Gasteiger partial charge in [-0.05, 0) is 51.4 Å². The molecule has 2 nitrogen and oxygen atoms in total. The van der Waals surface area contributed by atoms with Crippen molar-refractivity contribution in [3.63, 3.8) is 0 Å². The van der Waals surface area contributed by atoms with Gasteiger partial charge in [0.1, 0.15) is 0 Å². The number of fused-ring (bicyclic) bond motifs is 4. The lowest BCUT2D eigenvalue weighted by atomic mass is 9.87. The Morgan fingerprint density at radius 2 is 0.750 bits per heavy atom. The van der Waals surface area contributed by atoms with Crippen LogP contribution < -0.4 is 10.6 Å². The summed E-state index contributed by atoms with van der Waals surface area (Å²) in [5.74, 6) is 0. The summed E-state index contributed by atoms with van der Waals surface area (Å²) >= 11 is 0. The van der Waals surface area contributed by atoms with Gasteiger partial charge in [0, 0.05) is 24.2 Å². The first-order valence-corrected chi connectivity index (χ1v) is 7.42. The third-order valence-corrected chi connectivity index (χ3v) is 4.88. The summed E-state index contributed by atoms with van der Waals surface area (Å²) in [5.41, 5.74) is 0. The van der Waals surface area contributed by atoms with Crippen LogP contribution in [0.5, 0.6) is 0 Å². The minimum Gasteiger partial charge on any atom is -0.311 e. The molecule has 0 atom stereocenters. The van der Waals surface area contributed by atoms with E-state index in [2.05, 4.69) is 10.6 Å². The molecule has 0 aliphatic carbocycles. The first-order chi connectivity index (χ1) is 7.90. The lowest BCUT2D eigenvalue weighted by Gasteiger charge is -2.35. The normalized spacial score (nSPS) is 45.0. The Kier molecular flexibility index (Phi) is 3.49. The van der Waals surface area contributed by atoms with Crippen molar-refractivity contribution in [2.24, 2.45) is 0 Å². The highest BCUT2D eigenvalue weighted by Crippen LogP contribution is 2.27. The van der Waals surface area contributed by atoms with E-state index < -0.39 is 0 Å². The molecule has 0 radical (unpaired) electrons. The Balaban J connectivity index is 0.000000104. The van der Waals surface area contributed by atoms with Crippen LogP contribution in [0.1, 0.15) is 64.2 Å². The van der Waals surface area contributed by atoms with Crippen molar-refractivity contribution < 1.29 is 0 Å². The molecular weight excluding hydrogens is 196 g/mol. The Hall–Kier alpha value is -0.0800. The van der Waals surface area contributed by atoms with Crippen LogP contribution in [0.3, 0.4) is 0 Å². The maximum absolute atomic E-state index is 3.65. The Labute approximate surface area is 99.6 Å². The molecule has 16 heavy (non-hydrogen) atoms. The molecular formula is C14H26N2. The van der Waals surface area contributed by atoms with Gasteiger partial charge in [-0.15, -0.1) is 0 Å². The predicted molar refractivity (Wildman–Crippen MR) is 67.6 cm³/mol. The summed E-state index contributed by atoms with van der Waals surface area (Å²) in [6.07, 6.45) is 14.5. The van der Waals surface area contributed by atoms with Crippen LogP contribution in [-0.4, -0.2) is 24.2 Å². The molecule has 0 aromatic rings. The maximum atomic E-state index is 3.65. The van der Waals surface area contributed by atoms with Gasteiger partial charge < -0.3 is 10.6 Å². The Morgan fingerprint density at radius 3 is 1.00 bits per heavy atom. The van der Waals surface area contributed by atoms with Gasteiger partial charge in [-0.2, -0.15) is 0 Å². The van der Waals surface area contributed by atoms with Crippen molar-refractivity contribution in [2.45, 2.75) is 88.4 Å². The number of hydrogen-bond donors (Lipinski definition) is 2. The molecule has 4 saturated heterocycles. The average molecular weight is 222 g/mol. The summed E-state index contributed by atoms with van der Waals surface area (Å²) in [7, 11) is 0. The van der Waals surface area contributed by atoms with E-state index >= 15 is 0 Å².